The van der Waals surface area contributed by atoms with E-state index in [1.54, 1.807) is 0 Å². The van der Waals surface area contributed by atoms with Gasteiger partial charge < -0.3 is 14.2 Å². The van der Waals surface area contributed by atoms with Gasteiger partial charge in [0.25, 0.3) is 5.91 Å². The zero-order chi connectivity index (χ0) is 15.5. The number of hydrogen-bond acceptors (Lipinski definition) is 3. The third-order valence-corrected chi connectivity index (χ3v) is 4.11. The van der Waals surface area contributed by atoms with Gasteiger partial charge in [-0.25, -0.2) is 4.98 Å². The number of carbonyl (C=O) groups excluding carboxylic acids is 1. The summed E-state index contributed by atoms with van der Waals surface area (Å²) in [5.74, 6) is 0.999. The second kappa shape index (κ2) is 6.32. The van der Waals surface area contributed by atoms with Crippen LogP contribution in [0.1, 0.15) is 41.8 Å². The number of hydrogen-bond donors (Lipinski definition) is 0. The standard InChI is InChI=1S/C17H21N3O2/c1-3-22-12-15-11-18-16-13(2)19(9-10-20(15)16)17(21)14-7-5-4-6-8-14/h4-8,11,13H,3,9-10,12H2,1-2H3/t13-/m1/s1. The van der Waals surface area contributed by atoms with Crippen LogP contribution in [0.25, 0.3) is 0 Å². The van der Waals surface area contributed by atoms with Crippen LogP contribution in [0.5, 0.6) is 0 Å². The highest BCUT2D eigenvalue weighted by Gasteiger charge is 2.30. The van der Waals surface area contributed by atoms with Crippen molar-refractivity contribution in [2.24, 2.45) is 0 Å². The molecule has 2 aromatic rings. The van der Waals surface area contributed by atoms with Crippen LogP contribution in [0.4, 0.5) is 0 Å². The molecule has 1 aromatic carbocycles. The van der Waals surface area contributed by atoms with Crippen molar-refractivity contribution in [2.75, 3.05) is 13.2 Å². The fourth-order valence-electron chi connectivity index (χ4n) is 2.91. The number of benzene rings is 1. The summed E-state index contributed by atoms with van der Waals surface area (Å²) in [5, 5.41) is 0. The van der Waals surface area contributed by atoms with E-state index in [-0.39, 0.29) is 11.9 Å². The largest absolute Gasteiger partial charge is 0.375 e. The Labute approximate surface area is 130 Å². The van der Waals surface area contributed by atoms with E-state index in [0.29, 0.717) is 19.8 Å². The third-order valence-electron chi connectivity index (χ3n) is 4.11. The average molecular weight is 299 g/mol. The fraction of sp³-hybridized carbons (Fsp3) is 0.412. The molecular formula is C17H21N3O2. The fourth-order valence-corrected chi connectivity index (χ4v) is 2.91. The van der Waals surface area contributed by atoms with Crippen LogP contribution >= 0.6 is 0 Å². The van der Waals surface area contributed by atoms with Crippen LogP contribution in [0.2, 0.25) is 0 Å². The van der Waals surface area contributed by atoms with E-state index in [1.165, 1.54) is 0 Å². The molecule has 0 saturated carbocycles. The lowest BCUT2D eigenvalue weighted by atomic mass is 10.1. The number of rotatable bonds is 4. The van der Waals surface area contributed by atoms with Crippen molar-refractivity contribution in [2.45, 2.75) is 33.0 Å². The SMILES string of the molecule is CCOCc1cnc2n1CCN(C(=O)c1ccccc1)[C@@H]2C. The first kappa shape index (κ1) is 14.8. The summed E-state index contributed by atoms with van der Waals surface area (Å²) in [7, 11) is 0. The molecular weight excluding hydrogens is 278 g/mol. The second-order valence-electron chi connectivity index (χ2n) is 5.44. The van der Waals surface area contributed by atoms with Crippen LogP contribution in [0.15, 0.2) is 36.5 Å². The Kier molecular flexibility index (Phi) is 4.24. The van der Waals surface area contributed by atoms with E-state index < -0.39 is 0 Å². The van der Waals surface area contributed by atoms with Gasteiger partial charge >= 0.3 is 0 Å². The molecule has 0 radical (unpaired) electrons. The molecule has 1 atom stereocenters. The Morgan fingerprint density at radius 3 is 2.82 bits per heavy atom. The van der Waals surface area contributed by atoms with Gasteiger partial charge in [0.2, 0.25) is 0 Å². The molecule has 2 heterocycles. The first-order valence-corrected chi connectivity index (χ1v) is 7.70. The van der Waals surface area contributed by atoms with Crippen molar-refractivity contribution in [3.8, 4) is 0 Å². The highest BCUT2D eigenvalue weighted by atomic mass is 16.5. The number of ether oxygens (including phenoxy) is 1. The molecule has 1 aliphatic rings. The summed E-state index contributed by atoms with van der Waals surface area (Å²) in [5.41, 5.74) is 1.81. The molecule has 1 aromatic heterocycles. The predicted octanol–water partition coefficient (Wildman–Crippen LogP) is 2.64. The van der Waals surface area contributed by atoms with Gasteiger partial charge in [-0.15, -0.1) is 0 Å². The van der Waals surface area contributed by atoms with Gasteiger partial charge in [0.15, 0.2) is 0 Å². The first-order valence-electron chi connectivity index (χ1n) is 7.70. The van der Waals surface area contributed by atoms with Crippen molar-refractivity contribution in [3.63, 3.8) is 0 Å². The van der Waals surface area contributed by atoms with E-state index in [2.05, 4.69) is 9.55 Å². The van der Waals surface area contributed by atoms with Crippen LogP contribution in [0.3, 0.4) is 0 Å². The monoisotopic (exact) mass is 299 g/mol. The highest BCUT2D eigenvalue weighted by molar-refractivity contribution is 5.94. The second-order valence-corrected chi connectivity index (χ2v) is 5.44. The average Bonchev–Trinajstić information content (AvgIpc) is 2.97. The van der Waals surface area contributed by atoms with Gasteiger partial charge in [-0.1, -0.05) is 18.2 Å². The Hall–Kier alpha value is -2.14. The summed E-state index contributed by atoms with van der Waals surface area (Å²) < 4.78 is 7.66. The molecule has 0 unspecified atom stereocenters. The van der Waals surface area contributed by atoms with E-state index in [1.807, 2.05) is 55.3 Å². The van der Waals surface area contributed by atoms with E-state index in [9.17, 15) is 4.79 Å². The third kappa shape index (κ3) is 2.64. The number of carbonyl (C=O) groups is 1. The molecule has 1 aliphatic heterocycles. The minimum atomic E-state index is -0.0307. The van der Waals surface area contributed by atoms with Gasteiger partial charge in [0.1, 0.15) is 5.82 Å². The molecule has 0 bridgehead atoms. The van der Waals surface area contributed by atoms with Crippen molar-refractivity contribution < 1.29 is 9.53 Å². The van der Waals surface area contributed by atoms with E-state index >= 15 is 0 Å². The molecule has 116 valence electrons. The molecule has 1 amide bonds. The predicted molar refractivity (Wildman–Crippen MR) is 83.5 cm³/mol. The lowest BCUT2D eigenvalue weighted by Gasteiger charge is -2.34. The van der Waals surface area contributed by atoms with Gasteiger partial charge in [0.05, 0.1) is 24.5 Å². The summed E-state index contributed by atoms with van der Waals surface area (Å²) in [6.45, 7) is 6.73. The quantitative estimate of drug-likeness (QED) is 0.872. The lowest BCUT2D eigenvalue weighted by molar-refractivity contribution is 0.0630. The molecule has 3 rings (SSSR count). The van der Waals surface area contributed by atoms with Gasteiger partial charge in [-0.3, -0.25) is 4.79 Å². The zero-order valence-corrected chi connectivity index (χ0v) is 13.0. The van der Waals surface area contributed by atoms with Gasteiger partial charge in [-0.2, -0.15) is 0 Å². The summed E-state index contributed by atoms with van der Waals surface area (Å²) in [6, 6.07) is 9.39. The van der Waals surface area contributed by atoms with E-state index in [4.69, 9.17) is 4.74 Å². The van der Waals surface area contributed by atoms with Crippen LogP contribution in [-0.4, -0.2) is 33.5 Å². The van der Waals surface area contributed by atoms with Gasteiger partial charge in [-0.05, 0) is 26.0 Å². The Morgan fingerprint density at radius 2 is 2.09 bits per heavy atom. The minimum absolute atomic E-state index is 0.0307. The number of nitrogens with zero attached hydrogens (tertiary/aromatic N) is 3. The lowest BCUT2D eigenvalue weighted by Crippen LogP contribution is -2.41. The van der Waals surface area contributed by atoms with Crippen molar-refractivity contribution in [1.29, 1.82) is 0 Å². The number of imidazole rings is 1. The molecule has 5 nitrogen and oxygen atoms in total. The summed E-state index contributed by atoms with van der Waals surface area (Å²) >= 11 is 0. The molecule has 5 heteroatoms. The first-order chi connectivity index (χ1) is 10.7. The van der Waals surface area contributed by atoms with Crippen molar-refractivity contribution in [1.82, 2.24) is 14.5 Å². The molecule has 0 fully saturated rings. The Morgan fingerprint density at radius 1 is 1.32 bits per heavy atom. The number of aromatic nitrogens is 2. The Balaban J connectivity index is 1.81. The maximum atomic E-state index is 12.7. The molecule has 0 aliphatic carbocycles. The van der Waals surface area contributed by atoms with Crippen molar-refractivity contribution >= 4 is 5.91 Å². The Bertz CT molecular complexity index is 651. The van der Waals surface area contributed by atoms with Crippen molar-refractivity contribution in [3.05, 3.63) is 53.6 Å². The maximum Gasteiger partial charge on any atom is 0.254 e. The minimum Gasteiger partial charge on any atom is -0.375 e. The number of fused-ring (bicyclic) bond motifs is 1. The highest BCUT2D eigenvalue weighted by Crippen LogP contribution is 2.27. The topological polar surface area (TPSA) is 47.4 Å². The van der Waals surface area contributed by atoms with Crippen LogP contribution < -0.4 is 0 Å². The maximum absolute atomic E-state index is 12.7. The zero-order valence-electron chi connectivity index (χ0n) is 13.0. The molecule has 0 N–H and O–H groups in total. The number of amides is 1. The molecule has 22 heavy (non-hydrogen) atoms. The van der Waals surface area contributed by atoms with E-state index in [0.717, 1.165) is 23.6 Å². The van der Waals surface area contributed by atoms with Gasteiger partial charge in [0, 0.05) is 25.3 Å². The van der Waals surface area contributed by atoms with Crippen LogP contribution in [0, 0.1) is 0 Å². The summed E-state index contributed by atoms with van der Waals surface area (Å²) in [4.78, 5) is 19.1. The normalized spacial score (nSPS) is 17.4. The molecule has 0 saturated heterocycles. The molecule has 0 spiro atoms. The summed E-state index contributed by atoms with van der Waals surface area (Å²) in [6.07, 6.45) is 1.86. The smallest absolute Gasteiger partial charge is 0.254 e. The van der Waals surface area contributed by atoms with Crippen LogP contribution in [-0.2, 0) is 17.9 Å².